The average Bonchev–Trinajstić information content (AvgIpc) is 2.47. The number of esters is 1. The van der Waals surface area contributed by atoms with Gasteiger partial charge in [0.2, 0.25) is 0 Å². The molecule has 1 aliphatic heterocycles. The third kappa shape index (κ3) is 3.07. The Morgan fingerprint density at radius 1 is 1.14 bits per heavy atom. The SMILES string of the molecule is Cc1ccc(N2CCC2C(=O)OCc2ccccc2)cc1. The van der Waals surface area contributed by atoms with Crippen LogP contribution >= 0.6 is 0 Å². The van der Waals surface area contributed by atoms with Crippen molar-refractivity contribution in [2.24, 2.45) is 0 Å². The van der Waals surface area contributed by atoms with E-state index in [0.717, 1.165) is 24.2 Å². The molecule has 0 bridgehead atoms. The summed E-state index contributed by atoms with van der Waals surface area (Å²) in [5, 5.41) is 0. The molecule has 0 spiro atoms. The molecule has 0 radical (unpaired) electrons. The molecule has 1 atom stereocenters. The van der Waals surface area contributed by atoms with E-state index >= 15 is 0 Å². The lowest BCUT2D eigenvalue weighted by Crippen LogP contribution is -2.53. The Morgan fingerprint density at radius 2 is 1.86 bits per heavy atom. The molecule has 1 fully saturated rings. The van der Waals surface area contributed by atoms with Gasteiger partial charge in [-0.15, -0.1) is 0 Å². The van der Waals surface area contributed by atoms with Gasteiger partial charge in [-0.2, -0.15) is 0 Å². The zero-order valence-corrected chi connectivity index (χ0v) is 12.2. The molecular weight excluding hydrogens is 262 g/mol. The van der Waals surface area contributed by atoms with Crippen molar-refractivity contribution < 1.29 is 9.53 Å². The maximum atomic E-state index is 12.2. The Bertz CT molecular complexity index is 607. The van der Waals surface area contributed by atoms with Gasteiger partial charge >= 0.3 is 5.97 Å². The van der Waals surface area contributed by atoms with Crippen LogP contribution in [0.2, 0.25) is 0 Å². The normalized spacial score (nSPS) is 17.2. The first kappa shape index (κ1) is 13.7. The van der Waals surface area contributed by atoms with Crippen LogP contribution in [0.15, 0.2) is 54.6 Å². The van der Waals surface area contributed by atoms with E-state index < -0.39 is 0 Å². The number of aryl methyl sites for hydroxylation is 1. The van der Waals surface area contributed by atoms with Crippen LogP contribution in [-0.2, 0) is 16.1 Å². The van der Waals surface area contributed by atoms with Crippen LogP contribution in [0.5, 0.6) is 0 Å². The second-order valence-electron chi connectivity index (χ2n) is 5.43. The summed E-state index contributed by atoms with van der Waals surface area (Å²) in [4.78, 5) is 14.3. The fourth-order valence-corrected chi connectivity index (χ4v) is 2.50. The highest BCUT2D eigenvalue weighted by molar-refractivity contribution is 5.82. The lowest BCUT2D eigenvalue weighted by molar-refractivity contribution is -0.148. The van der Waals surface area contributed by atoms with E-state index in [0.29, 0.717) is 6.61 Å². The van der Waals surface area contributed by atoms with Crippen LogP contribution in [0.1, 0.15) is 17.5 Å². The minimum atomic E-state index is -0.142. The predicted octanol–water partition coefficient (Wildman–Crippen LogP) is 3.32. The summed E-state index contributed by atoms with van der Waals surface area (Å²) in [6.07, 6.45) is 0.863. The Balaban J connectivity index is 1.59. The second-order valence-corrected chi connectivity index (χ2v) is 5.43. The summed E-state index contributed by atoms with van der Waals surface area (Å²) in [7, 11) is 0. The second kappa shape index (κ2) is 6.00. The van der Waals surface area contributed by atoms with Gasteiger partial charge in [-0.05, 0) is 31.0 Å². The van der Waals surface area contributed by atoms with E-state index in [4.69, 9.17) is 4.74 Å². The quantitative estimate of drug-likeness (QED) is 0.805. The summed E-state index contributed by atoms with van der Waals surface area (Å²) in [6, 6.07) is 17.9. The number of anilines is 1. The third-order valence-electron chi connectivity index (χ3n) is 3.88. The summed E-state index contributed by atoms with van der Waals surface area (Å²) in [5.41, 5.74) is 3.34. The van der Waals surface area contributed by atoms with Crippen LogP contribution in [0.3, 0.4) is 0 Å². The highest BCUT2D eigenvalue weighted by Gasteiger charge is 2.35. The van der Waals surface area contributed by atoms with Crippen LogP contribution in [0.25, 0.3) is 0 Å². The first-order chi connectivity index (χ1) is 10.2. The van der Waals surface area contributed by atoms with E-state index in [-0.39, 0.29) is 12.0 Å². The monoisotopic (exact) mass is 281 g/mol. The molecule has 1 heterocycles. The van der Waals surface area contributed by atoms with E-state index in [1.54, 1.807) is 0 Å². The summed E-state index contributed by atoms with van der Waals surface area (Å²) < 4.78 is 5.43. The van der Waals surface area contributed by atoms with Gasteiger partial charge in [-0.25, -0.2) is 4.79 Å². The minimum Gasteiger partial charge on any atom is -0.459 e. The zero-order chi connectivity index (χ0) is 14.7. The minimum absolute atomic E-state index is 0.134. The van der Waals surface area contributed by atoms with Crippen molar-refractivity contribution in [1.29, 1.82) is 0 Å². The Hall–Kier alpha value is -2.29. The van der Waals surface area contributed by atoms with Crippen molar-refractivity contribution in [2.45, 2.75) is 26.0 Å². The molecule has 0 N–H and O–H groups in total. The van der Waals surface area contributed by atoms with Crippen molar-refractivity contribution in [3.8, 4) is 0 Å². The van der Waals surface area contributed by atoms with Gasteiger partial charge < -0.3 is 9.64 Å². The Labute approximate surface area is 125 Å². The fourth-order valence-electron chi connectivity index (χ4n) is 2.50. The highest BCUT2D eigenvalue weighted by Crippen LogP contribution is 2.27. The number of carbonyl (C=O) groups excluding carboxylic acids is 1. The smallest absolute Gasteiger partial charge is 0.329 e. The van der Waals surface area contributed by atoms with Crippen molar-refractivity contribution in [3.05, 3.63) is 65.7 Å². The van der Waals surface area contributed by atoms with Crippen molar-refractivity contribution in [3.63, 3.8) is 0 Å². The Kier molecular flexibility index (Phi) is 3.91. The van der Waals surface area contributed by atoms with Crippen LogP contribution in [0, 0.1) is 6.92 Å². The summed E-state index contributed by atoms with van der Waals surface area (Å²) in [6.45, 7) is 3.32. The first-order valence-corrected chi connectivity index (χ1v) is 7.28. The number of rotatable bonds is 4. The Morgan fingerprint density at radius 3 is 2.48 bits per heavy atom. The molecule has 0 aromatic heterocycles. The molecule has 21 heavy (non-hydrogen) atoms. The number of benzene rings is 2. The number of carbonyl (C=O) groups is 1. The maximum Gasteiger partial charge on any atom is 0.329 e. The summed E-state index contributed by atoms with van der Waals surface area (Å²) in [5.74, 6) is -0.134. The molecule has 1 saturated heterocycles. The van der Waals surface area contributed by atoms with Crippen molar-refractivity contribution >= 4 is 11.7 Å². The lowest BCUT2D eigenvalue weighted by atomic mass is 10.0. The topological polar surface area (TPSA) is 29.5 Å². The average molecular weight is 281 g/mol. The number of nitrogens with zero attached hydrogens (tertiary/aromatic N) is 1. The van der Waals surface area contributed by atoms with Gasteiger partial charge in [0.05, 0.1) is 0 Å². The van der Waals surface area contributed by atoms with Gasteiger partial charge in [0.25, 0.3) is 0 Å². The third-order valence-corrected chi connectivity index (χ3v) is 3.88. The molecule has 0 aliphatic carbocycles. The molecule has 1 unspecified atom stereocenters. The number of hydrogen-bond acceptors (Lipinski definition) is 3. The van der Waals surface area contributed by atoms with Crippen molar-refractivity contribution in [1.82, 2.24) is 0 Å². The van der Waals surface area contributed by atoms with Gasteiger partial charge in [0, 0.05) is 12.2 Å². The van der Waals surface area contributed by atoms with Gasteiger partial charge in [-0.3, -0.25) is 0 Å². The molecule has 3 nitrogen and oxygen atoms in total. The van der Waals surface area contributed by atoms with Gasteiger partial charge in [-0.1, -0.05) is 48.0 Å². The molecule has 3 heteroatoms. The van der Waals surface area contributed by atoms with E-state index in [1.165, 1.54) is 5.56 Å². The molecule has 2 aromatic carbocycles. The van der Waals surface area contributed by atoms with E-state index in [9.17, 15) is 4.79 Å². The maximum absolute atomic E-state index is 12.2. The molecule has 108 valence electrons. The van der Waals surface area contributed by atoms with E-state index in [1.807, 2.05) is 30.3 Å². The molecule has 3 rings (SSSR count). The van der Waals surface area contributed by atoms with Crippen LogP contribution < -0.4 is 4.90 Å². The standard InChI is InChI=1S/C18H19NO2/c1-14-7-9-16(10-8-14)19-12-11-17(19)18(20)21-13-15-5-3-2-4-6-15/h2-10,17H,11-13H2,1H3. The molecule has 2 aromatic rings. The fraction of sp³-hybridized carbons (Fsp3) is 0.278. The van der Waals surface area contributed by atoms with Gasteiger partial charge in [0.15, 0.2) is 0 Å². The first-order valence-electron chi connectivity index (χ1n) is 7.28. The van der Waals surface area contributed by atoms with Crippen LogP contribution in [0.4, 0.5) is 5.69 Å². The van der Waals surface area contributed by atoms with Crippen molar-refractivity contribution in [2.75, 3.05) is 11.4 Å². The number of hydrogen-bond donors (Lipinski definition) is 0. The van der Waals surface area contributed by atoms with Crippen LogP contribution in [-0.4, -0.2) is 18.6 Å². The molecular formula is C18H19NO2. The predicted molar refractivity (Wildman–Crippen MR) is 83.2 cm³/mol. The van der Waals surface area contributed by atoms with Gasteiger partial charge in [0.1, 0.15) is 12.6 Å². The molecule has 1 aliphatic rings. The zero-order valence-electron chi connectivity index (χ0n) is 12.2. The molecule has 0 amide bonds. The molecule has 0 saturated carbocycles. The number of ether oxygens (including phenoxy) is 1. The van der Waals surface area contributed by atoms with E-state index in [2.05, 4.69) is 36.1 Å². The largest absolute Gasteiger partial charge is 0.459 e. The highest BCUT2D eigenvalue weighted by atomic mass is 16.5. The summed E-state index contributed by atoms with van der Waals surface area (Å²) >= 11 is 0. The lowest BCUT2D eigenvalue weighted by Gasteiger charge is -2.41.